The van der Waals surface area contributed by atoms with Crippen LogP contribution >= 0.6 is 0 Å². The summed E-state index contributed by atoms with van der Waals surface area (Å²) in [5.41, 5.74) is 9.26. The molecule has 2 unspecified atom stereocenters. The first-order valence-electron chi connectivity index (χ1n) is 9.99. The first-order valence-corrected chi connectivity index (χ1v) is 9.99. The molecule has 1 aliphatic heterocycles. The smallest absolute Gasteiger partial charge is 0.162 e. The van der Waals surface area contributed by atoms with Crippen molar-refractivity contribution in [1.82, 2.24) is 19.8 Å². The highest BCUT2D eigenvalue weighted by atomic mass is 16.3. The van der Waals surface area contributed by atoms with Crippen molar-refractivity contribution in [2.75, 3.05) is 6.61 Å². The molecule has 8 nitrogen and oxygen atoms in total. The molecule has 156 valence electrons. The second-order valence-electron chi connectivity index (χ2n) is 7.83. The highest BCUT2D eigenvalue weighted by molar-refractivity contribution is 5.98. The molecule has 2 atom stereocenters. The van der Waals surface area contributed by atoms with Gasteiger partial charge in [-0.25, -0.2) is 5.84 Å². The van der Waals surface area contributed by atoms with Crippen molar-refractivity contribution in [1.29, 1.82) is 0 Å². The summed E-state index contributed by atoms with van der Waals surface area (Å²) < 4.78 is 1.71. The normalized spacial score (nSPS) is 20.0. The van der Waals surface area contributed by atoms with Crippen LogP contribution in [0.4, 0.5) is 0 Å². The number of hydrazine groups is 1. The molecule has 30 heavy (non-hydrogen) atoms. The summed E-state index contributed by atoms with van der Waals surface area (Å²) in [4.78, 5) is 9.32. The molecule has 3 aromatic rings. The lowest BCUT2D eigenvalue weighted by atomic mass is 9.89. The largest absolute Gasteiger partial charge is 0.396 e. The lowest BCUT2D eigenvalue weighted by Gasteiger charge is -2.34. The van der Waals surface area contributed by atoms with Gasteiger partial charge in [0, 0.05) is 23.3 Å². The number of aromatic nitrogens is 3. The summed E-state index contributed by atoms with van der Waals surface area (Å²) in [5, 5.41) is 16.1. The van der Waals surface area contributed by atoms with Crippen LogP contribution in [0.2, 0.25) is 0 Å². The fraction of sp³-hybridized carbons (Fsp3) is 0.318. The van der Waals surface area contributed by atoms with Gasteiger partial charge in [-0.2, -0.15) is 5.10 Å². The first-order chi connectivity index (χ1) is 14.4. The monoisotopic (exact) mass is 405 g/mol. The van der Waals surface area contributed by atoms with Gasteiger partial charge >= 0.3 is 0 Å². The average molecular weight is 406 g/mol. The molecule has 3 heterocycles. The summed E-state index contributed by atoms with van der Waals surface area (Å²) in [5.74, 6) is 7.08. The third kappa shape index (κ3) is 3.67. The number of aliphatic hydroxyl groups excluding tert-OH is 1. The molecule has 1 aromatic carbocycles. The van der Waals surface area contributed by atoms with Gasteiger partial charge in [0.25, 0.3) is 0 Å². The van der Waals surface area contributed by atoms with Gasteiger partial charge in [-0.3, -0.25) is 19.7 Å². The van der Waals surface area contributed by atoms with Crippen LogP contribution in [-0.4, -0.2) is 37.3 Å². The third-order valence-corrected chi connectivity index (χ3v) is 5.69. The molecule has 0 saturated carbocycles. The molecular weight excluding hydrogens is 378 g/mol. The van der Waals surface area contributed by atoms with E-state index in [0.29, 0.717) is 24.5 Å². The number of pyridine rings is 1. The molecule has 0 spiro atoms. The number of amidine groups is 1. The van der Waals surface area contributed by atoms with Crippen LogP contribution in [0.15, 0.2) is 65.7 Å². The average Bonchev–Trinajstić information content (AvgIpc) is 3.24. The zero-order valence-corrected chi connectivity index (χ0v) is 17.2. The zero-order valence-electron chi connectivity index (χ0n) is 17.2. The van der Waals surface area contributed by atoms with Crippen LogP contribution < -0.4 is 11.6 Å². The van der Waals surface area contributed by atoms with Gasteiger partial charge in [-0.05, 0) is 44.0 Å². The Balaban J connectivity index is 1.64. The third-order valence-electron chi connectivity index (χ3n) is 5.69. The summed E-state index contributed by atoms with van der Waals surface area (Å²) in [6.07, 6.45) is 8.09. The predicted molar refractivity (Wildman–Crippen MR) is 117 cm³/mol. The Hall–Kier alpha value is -3.23. The van der Waals surface area contributed by atoms with Crippen LogP contribution in [0.3, 0.4) is 0 Å². The predicted octanol–water partition coefficient (Wildman–Crippen LogP) is 2.22. The van der Waals surface area contributed by atoms with E-state index in [2.05, 4.69) is 16.1 Å². The lowest BCUT2D eigenvalue weighted by molar-refractivity contribution is 0.269. The Morgan fingerprint density at radius 3 is 2.97 bits per heavy atom. The van der Waals surface area contributed by atoms with E-state index in [1.54, 1.807) is 22.1 Å². The molecule has 2 aromatic heterocycles. The number of aliphatic imine (C=N–C) groups is 1. The van der Waals surface area contributed by atoms with Crippen LogP contribution in [0.1, 0.15) is 37.4 Å². The van der Waals surface area contributed by atoms with Gasteiger partial charge in [-0.15, -0.1) is 0 Å². The van der Waals surface area contributed by atoms with Crippen LogP contribution in [0.5, 0.6) is 0 Å². The minimum atomic E-state index is -0.531. The van der Waals surface area contributed by atoms with E-state index in [9.17, 15) is 0 Å². The number of nitrogens with two attached hydrogens (primary N) is 2. The van der Waals surface area contributed by atoms with Gasteiger partial charge in [0.1, 0.15) is 0 Å². The molecule has 8 heteroatoms. The molecule has 0 radical (unpaired) electrons. The standard InChI is InChI=1S/C22H27N7O/c1-15(16-5-6-20-17(12-16)4-3-9-25-20)29(24)21-19(23)7-8-22(2,27-21)18-13-26-28(14-18)10-11-30/h3-7,9,12-15,30H,8,10-11,23-24H2,1-2H3. The Kier molecular flexibility index (Phi) is 5.27. The molecule has 0 saturated heterocycles. The van der Waals surface area contributed by atoms with E-state index in [1.165, 1.54) is 0 Å². The van der Waals surface area contributed by atoms with E-state index >= 15 is 0 Å². The molecular formula is C22H27N7O. The summed E-state index contributed by atoms with van der Waals surface area (Å²) in [6, 6.07) is 9.93. The highest BCUT2D eigenvalue weighted by Crippen LogP contribution is 2.34. The SMILES string of the molecule is CC(c1ccc2ncccc2c1)N(N)C1=NC(C)(c2cnn(CCO)c2)CC=C1N. The van der Waals surface area contributed by atoms with Crippen molar-refractivity contribution in [3.63, 3.8) is 0 Å². The summed E-state index contributed by atoms with van der Waals surface area (Å²) in [7, 11) is 0. The minimum absolute atomic E-state index is 0.0363. The number of hydrogen-bond donors (Lipinski definition) is 3. The number of dihydropyridines is 1. The second-order valence-corrected chi connectivity index (χ2v) is 7.83. The number of fused-ring (bicyclic) bond motifs is 1. The van der Waals surface area contributed by atoms with Crippen LogP contribution in [-0.2, 0) is 12.1 Å². The van der Waals surface area contributed by atoms with E-state index < -0.39 is 5.54 Å². The lowest BCUT2D eigenvalue weighted by Crippen LogP contribution is -2.45. The minimum Gasteiger partial charge on any atom is -0.396 e. The van der Waals surface area contributed by atoms with Crippen molar-refractivity contribution >= 4 is 16.7 Å². The van der Waals surface area contributed by atoms with E-state index in [4.69, 9.17) is 21.7 Å². The van der Waals surface area contributed by atoms with Crippen molar-refractivity contribution in [2.45, 2.75) is 38.4 Å². The van der Waals surface area contributed by atoms with Gasteiger partial charge in [0.05, 0.1) is 42.1 Å². The summed E-state index contributed by atoms with van der Waals surface area (Å²) in [6.45, 7) is 4.55. The van der Waals surface area contributed by atoms with Crippen molar-refractivity contribution in [2.24, 2.45) is 16.6 Å². The van der Waals surface area contributed by atoms with Crippen molar-refractivity contribution in [3.8, 4) is 0 Å². The Morgan fingerprint density at radius 1 is 1.33 bits per heavy atom. The van der Waals surface area contributed by atoms with E-state index in [-0.39, 0.29) is 12.6 Å². The Labute approximate surface area is 175 Å². The molecule has 5 N–H and O–H groups in total. The van der Waals surface area contributed by atoms with Gasteiger partial charge < -0.3 is 10.8 Å². The molecule has 0 amide bonds. The molecule has 0 fully saturated rings. The second kappa shape index (κ2) is 7.89. The van der Waals surface area contributed by atoms with E-state index in [1.807, 2.05) is 50.4 Å². The van der Waals surface area contributed by atoms with Gasteiger partial charge in [-0.1, -0.05) is 18.2 Å². The number of nitrogens with zero attached hydrogens (tertiary/aromatic N) is 5. The van der Waals surface area contributed by atoms with Crippen molar-refractivity contribution in [3.05, 3.63) is 71.8 Å². The van der Waals surface area contributed by atoms with Gasteiger partial charge in [0.2, 0.25) is 0 Å². The maximum atomic E-state index is 9.15. The molecule has 1 aliphatic rings. The molecule has 4 rings (SSSR count). The number of benzene rings is 1. The number of hydrogen-bond acceptors (Lipinski definition) is 7. The maximum absolute atomic E-state index is 9.15. The quantitative estimate of drug-likeness (QED) is 0.442. The maximum Gasteiger partial charge on any atom is 0.162 e. The fourth-order valence-corrected chi connectivity index (χ4v) is 3.70. The number of rotatable bonds is 5. The van der Waals surface area contributed by atoms with Crippen LogP contribution in [0, 0.1) is 0 Å². The molecule has 0 aliphatic carbocycles. The van der Waals surface area contributed by atoms with Gasteiger partial charge in [0.15, 0.2) is 5.84 Å². The van der Waals surface area contributed by atoms with Crippen molar-refractivity contribution < 1.29 is 5.11 Å². The first kappa shape index (κ1) is 20.1. The zero-order chi connectivity index (χ0) is 21.3. The topological polar surface area (TPSA) is 119 Å². The van der Waals surface area contributed by atoms with E-state index in [0.717, 1.165) is 22.0 Å². The highest BCUT2D eigenvalue weighted by Gasteiger charge is 2.33. The number of aliphatic hydroxyl groups is 1. The Bertz CT molecular complexity index is 1120. The Morgan fingerprint density at radius 2 is 2.17 bits per heavy atom. The molecule has 0 bridgehead atoms. The summed E-state index contributed by atoms with van der Waals surface area (Å²) >= 11 is 0. The van der Waals surface area contributed by atoms with Crippen LogP contribution in [0.25, 0.3) is 10.9 Å². The fourth-order valence-electron chi connectivity index (χ4n) is 3.70.